The molecule has 3 N–H and O–H groups in total. The van der Waals surface area contributed by atoms with Crippen molar-refractivity contribution >= 4 is 23.6 Å². The lowest BCUT2D eigenvalue weighted by atomic mass is 10.2. The quantitative estimate of drug-likeness (QED) is 0.549. The molecule has 0 saturated heterocycles. The highest BCUT2D eigenvalue weighted by Crippen LogP contribution is 2.25. The summed E-state index contributed by atoms with van der Waals surface area (Å²) in [4.78, 5) is 35.7. The third kappa shape index (κ3) is 8.95. The molecule has 0 unspecified atom stereocenters. The van der Waals surface area contributed by atoms with Gasteiger partial charge in [0.25, 0.3) is 5.91 Å². The highest BCUT2D eigenvalue weighted by atomic mass is 16.6. The van der Waals surface area contributed by atoms with E-state index in [1.807, 2.05) is 12.1 Å². The van der Waals surface area contributed by atoms with Crippen molar-refractivity contribution in [2.75, 3.05) is 25.6 Å². The summed E-state index contributed by atoms with van der Waals surface area (Å²) in [6.07, 6.45) is -0.660. The standard InChI is InChI=1S/C23H29N3O6/c1-23(2,3)32-22(29)25-14-20(27)24-13-16-8-7-9-17(12-16)26-21(28)15-31-19-11-6-5-10-18(19)30-4/h5-12H,13-15H2,1-4H3,(H,24,27)(H,25,29)(H,26,28). The molecule has 9 heteroatoms. The van der Waals surface area contributed by atoms with Crippen LogP contribution < -0.4 is 25.4 Å². The molecule has 3 amide bonds. The van der Waals surface area contributed by atoms with E-state index in [4.69, 9.17) is 14.2 Å². The number of para-hydroxylation sites is 2. The minimum atomic E-state index is -0.660. The second-order valence-corrected chi connectivity index (χ2v) is 7.82. The number of ether oxygens (including phenoxy) is 3. The lowest BCUT2D eigenvalue weighted by Gasteiger charge is -2.19. The van der Waals surface area contributed by atoms with E-state index in [-0.39, 0.29) is 31.5 Å². The Kier molecular flexibility index (Phi) is 8.88. The molecule has 0 aromatic heterocycles. The van der Waals surface area contributed by atoms with E-state index < -0.39 is 11.7 Å². The van der Waals surface area contributed by atoms with Gasteiger partial charge in [-0.2, -0.15) is 0 Å². The number of benzene rings is 2. The third-order valence-electron chi connectivity index (χ3n) is 3.92. The van der Waals surface area contributed by atoms with E-state index in [1.165, 1.54) is 7.11 Å². The molecule has 32 heavy (non-hydrogen) atoms. The van der Waals surface area contributed by atoms with Crippen LogP contribution in [0.3, 0.4) is 0 Å². The zero-order valence-corrected chi connectivity index (χ0v) is 18.7. The van der Waals surface area contributed by atoms with Crippen molar-refractivity contribution in [3.05, 3.63) is 54.1 Å². The number of carbonyl (C=O) groups is 3. The van der Waals surface area contributed by atoms with Crippen LogP contribution in [0.15, 0.2) is 48.5 Å². The Morgan fingerprint density at radius 1 is 0.906 bits per heavy atom. The SMILES string of the molecule is COc1ccccc1OCC(=O)Nc1cccc(CNC(=O)CNC(=O)OC(C)(C)C)c1. The van der Waals surface area contributed by atoms with Crippen molar-refractivity contribution in [1.82, 2.24) is 10.6 Å². The molecule has 0 fully saturated rings. The third-order valence-corrected chi connectivity index (χ3v) is 3.92. The predicted molar refractivity (Wildman–Crippen MR) is 120 cm³/mol. The number of hydrogen-bond acceptors (Lipinski definition) is 6. The summed E-state index contributed by atoms with van der Waals surface area (Å²) in [6, 6.07) is 14.1. The molecule has 0 aliphatic rings. The van der Waals surface area contributed by atoms with Gasteiger partial charge in [-0.1, -0.05) is 24.3 Å². The first-order valence-electron chi connectivity index (χ1n) is 10.0. The summed E-state index contributed by atoms with van der Waals surface area (Å²) in [7, 11) is 1.53. The first-order valence-corrected chi connectivity index (χ1v) is 10.0. The Morgan fingerprint density at radius 2 is 1.62 bits per heavy atom. The number of alkyl carbamates (subject to hydrolysis) is 1. The fourth-order valence-electron chi connectivity index (χ4n) is 2.57. The van der Waals surface area contributed by atoms with Crippen LogP contribution in [0.25, 0.3) is 0 Å². The Hall–Kier alpha value is -3.75. The second-order valence-electron chi connectivity index (χ2n) is 7.82. The van der Waals surface area contributed by atoms with Crippen LogP contribution in [0.1, 0.15) is 26.3 Å². The summed E-state index contributed by atoms with van der Waals surface area (Å²) in [6.45, 7) is 5.06. The van der Waals surface area contributed by atoms with Gasteiger partial charge in [-0.05, 0) is 50.6 Å². The predicted octanol–water partition coefficient (Wildman–Crippen LogP) is 2.85. The number of nitrogens with one attached hydrogen (secondary N) is 3. The van der Waals surface area contributed by atoms with E-state index in [0.29, 0.717) is 17.2 Å². The largest absolute Gasteiger partial charge is 0.493 e. The summed E-state index contributed by atoms with van der Waals surface area (Å²) in [5, 5.41) is 7.84. The molecule has 0 heterocycles. The number of carbonyl (C=O) groups excluding carboxylic acids is 3. The number of anilines is 1. The molecule has 0 aliphatic carbocycles. The van der Waals surface area contributed by atoms with Gasteiger partial charge in [0.05, 0.1) is 7.11 Å². The monoisotopic (exact) mass is 443 g/mol. The van der Waals surface area contributed by atoms with Gasteiger partial charge in [-0.25, -0.2) is 4.79 Å². The first kappa shape index (κ1) is 24.5. The summed E-state index contributed by atoms with van der Waals surface area (Å²) >= 11 is 0. The normalized spacial score (nSPS) is 10.6. The molecule has 0 spiro atoms. The number of hydrogen-bond donors (Lipinski definition) is 3. The molecule has 0 radical (unpaired) electrons. The molecule has 172 valence electrons. The maximum absolute atomic E-state index is 12.2. The Bertz CT molecular complexity index is 939. The van der Waals surface area contributed by atoms with Crippen LogP contribution in [0.5, 0.6) is 11.5 Å². The van der Waals surface area contributed by atoms with Crippen LogP contribution in [0.2, 0.25) is 0 Å². The lowest BCUT2D eigenvalue weighted by Crippen LogP contribution is -2.39. The smallest absolute Gasteiger partial charge is 0.408 e. The molecule has 0 bridgehead atoms. The van der Waals surface area contributed by atoms with Crippen LogP contribution >= 0.6 is 0 Å². The van der Waals surface area contributed by atoms with Gasteiger partial charge < -0.3 is 30.2 Å². The molecular formula is C23H29N3O6. The molecule has 0 atom stereocenters. The Balaban J connectivity index is 1.78. The molecule has 0 aliphatic heterocycles. The minimum absolute atomic E-state index is 0.183. The van der Waals surface area contributed by atoms with Crippen LogP contribution in [0.4, 0.5) is 10.5 Å². The zero-order chi connectivity index (χ0) is 23.6. The summed E-state index contributed by atoms with van der Waals surface area (Å²) in [5.74, 6) is 0.315. The number of methoxy groups -OCH3 is 1. The topological polar surface area (TPSA) is 115 Å². The fourth-order valence-corrected chi connectivity index (χ4v) is 2.57. The van der Waals surface area contributed by atoms with Gasteiger partial charge >= 0.3 is 6.09 Å². The maximum Gasteiger partial charge on any atom is 0.408 e. The summed E-state index contributed by atoms with van der Waals surface area (Å²) in [5.41, 5.74) is 0.709. The van der Waals surface area contributed by atoms with Crippen molar-refractivity contribution in [1.29, 1.82) is 0 Å². The van der Waals surface area contributed by atoms with Crippen molar-refractivity contribution in [3.63, 3.8) is 0 Å². The van der Waals surface area contributed by atoms with E-state index in [0.717, 1.165) is 5.56 Å². The van der Waals surface area contributed by atoms with Crippen LogP contribution in [0, 0.1) is 0 Å². The van der Waals surface area contributed by atoms with E-state index in [2.05, 4.69) is 16.0 Å². The number of rotatable bonds is 9. The molecule has 2 rings (SSSR count). The first-order chi connectivity index (χ1) is 15.2. The van der Waals surface area contributed by atoms with Gasteiger partial charge in [-0.3, -0.25) is 9.59 Å². The van der Waals surface area contributed by atoms with Gasteiger partial charge in [0, 0.05) is 12.2 Å². The Labute approximate surface area is 187 Å². The fraction of sp³-hybridized carbons (Fsp3) is 0.348. The molecule has 0 saturated carbocycles. The van der Waals surface area contributed by atoms with E-state index in [1.54, 1.807) is 57.2 Å². The molecule has 9 nitrogen and oxygen atoms in total. The average Bonchev–Trinajstić information content (AvgIpc) is 2.74. The minimum Gasteiger partial charge on any atom is -0.493 e. The highest BCUT2D eigenvalue weighted by Gasteiger charge is 2.16. The van der Waals surface area contributed by atoms with Gasteiger partial charge in [-0.15, -0.1) is 0 Å². The van der Waals surface area contributed by atoms with E-state index in [9.17, 15) is 14.4 Å². The van der Waals surface area contributed by atoms with Crippen molar-refractivity contribution in [2.24, 2.45) is 0 Å². The van der Waals surface area contributed by atoms with E-state index >= 15 is 0 Å². The number of amides is 3. The van der Waals surface area contributed by atoms with Crippen molar-refractivity contribution in [3.8, 4) is 11.5 Å². The van der Waals surface area contributed by atoms with Crippen LogP contribution in [-0.4, -0.2) is 43.8 Å². The Morgan fingerprint density at radius 3 is 2.31 bits per heavy atom. The lowest BCUT2D eigenvalue weighted by molar-refractivity contribution is -0.120. The summed E-state index contributed by atoms with van der Waals surface area (Å²) < 4.78 is 15.8. The molecule has 2 aromatic carbocycles. The maximum atomic E-state index is 12.2. The van der Waals surface area contributed by atoms with Gasteiger partial charge in [0.2, 0.25) is 5.91 Å². The van der Waals surface area contributed by atoms with Crippen molar-refractivity contribution in [2.45, 2.75) is 32.9 Å². The van der Waals surface area contributed by atoms with Gasteiger partial charge in [0.15, 0.2) is 18.1 Å². The van der Waals surface area contributed by atoms with Crippen molar-refractivity contribution < 1.29 is 28.6 Å². The second kappa shape index (κ2) is 11.6. The van der Waals surface area contributed by atoms with Gasteiger partial charge in [0.1, 0.15) is 12.1 Å². The molecular weight excluding hydrogens is 414 g/mol. The molecule has 2 aromatic rings. The zero-order valence-electron chi connectivity index (χ0n) is 18.7. The highest BCUT2D eigenvalue weighted by molar-refractivity contribution is 5.92. The van der Waals surface area contributed by atoms with Crippen LogP contribution in [-0.2, 0) is 20.9 Å². The average molecular weight is 444 g/mol.